The fourth-order valence-electron chi connectivity index (χ4n) is 2.22. The Balaban J connectivity index is 1.90. The highest BCUT2D eigenvalue weighted by Gasteiger charge is 2.11. The standard InChI is InChI=1S/C20H21BrN2O3/c1-14-4-5-15(18(21)12-14)6-11-20(25)23(2)13-19(24)22-16-7-9-17(26-3)10-8-16/h4-12H,13H2,1-3H3,(H,22,24)/b11-6+. The number of aryl methyl sites for hydroxylation is 1. The van der Waals surface area contributed by atoms with Gasteiger partial charge < -0.3 is 15.0 Å². The molecule has 0 fully saturated rings. The second kappa shape index (κ2) is 9.20. The van der Waals surface area contributed by atoms with Crippen LogP contribution in [-0.2, 0) is 9.59 Å². The van der Waals surface area contributed by atoms with Gasteiger partial charge in [0.1, 0.15) is 5.75 Å². The van der Waals surface area contributed by atoms with E-state index in [1.807, 2.05) is 25.1 Å². The lowest BCUT2D eigenvalue weighted by molar-refractivity contribution is -0.129. The summed E-state index contributed by atoms with van der Waals surface area (Å²) in [6.45, 7) is 1.96. The summed E-state index contributed by atoms with van der Waals surface area (Å²) in [5, 5.41) is 2.75. The number of halogens is 1. The first kappa shape index (κ1) is 19.7. The van der Waals surface area contributed by atoms with Crippen LogP contribution in [0.3, 0.4) is 0 Å². The van der Waals surface area contributed by atoms with Crippen molar-refractivity contribution in [3.63, 3.8) is 0 Å². The molecule has 6 heteroatoms. The van der Waals surface area contributed by atoms with Crippen molar-refractivity contribution < 1.29 is 14.3 Å². The molecule has 0 heterocycles. The second-order valence-electron chi connectivity index (χ2n) is 5.83. The quantitative estimate of drug-likeness (QED) is 0.726. The number of hydrogen-bond donors (Lipinski definition) is 1. The molecule has 0 radical (unpaired) electrons. The third kappa shape index (κ3) is 5.74. The number of benzene rings is 2. The molecule has 136 valence electrons. The first-order valence-corrected chi connectivity index (χ1v) is 8.81. The third-order valence-electron chi connectivity index (χ3n) is 3.69. The fraction of sp³-hybridized carbons (Fsp3) is 0.200. The maximum Gasteiger partial charge on any atom is 0.246 e. The summed E-state index contributed by atoms with van der Waals surface area (Å²) in [5.74, 6) is 0.195. The molecular weight excluding hydrogens is 396 g/mol. The largest absolute Gasteiger partial charge is 0.497 e. The highest BCUT2D eigenvalue weighted by molar-refractivity contribution is 9.10. The molecule has 0 unspecified atom stereocenters. The van der Waals surface area contributed by atoms with Crippen LogP contribution in [-0.4, -0.2) is 37.4 Å². The zero-order valence-corrected chi connectivity index (χ0v) is 16.5. The first-order chi connectivity index (χ1) is 12.4. The number of nitrogens with zero attached hydrogens (tertiary/aromatic N) is 1. The summed E-state index contributed by atoms with van der Waals surface area (Å²) in [7, 11) is 3.17. The normalized spacial score (nSPS) is 10.6. The number of hydrogen-bond acceptors (Lipinski definition) is 3. The van der Waals surface area contributed by atoms with E-state index in [2.05, 4.69) is 21.2 Å². The molecule has 5 nitrogen and oxygen atoms in total. The highest BCUT2D eigenvalue weighted by Crippen LogP contribution is 2.19. The van der Waals surface area contributed by atoms with E-state index in [0.717, 1.165) is 15.6 Å². The Bertz CT molecular complexity index is 816. The number of carbonyl (C=O) groups excluding carboxylic acids is 2. The van der Waals surface area contributed by atoms with Gasteiger partial charge in [0, 0.05) is 23.3 Å². The summed E-state index contributed by atoms with van der Waals surface area (Å²) in [6, 6.07) is 12.9. The van der Waals surface area contributed by atoms with Crippen molar-refractivity contribution in [1.29, 1.82) is 0 Å². The molecule has 0 spiro atoms. The number of amides is 2. The summed E-state index contributed by atoms with van der Waals surface area (Å²) < 4.78 is 5.99. The molecule has 2 aromatic carbocycles. The van der Waals surface area contributed by atoms with Gasteiger partial charge in [0.15, 0.2) is 0 Å². The second-order valence-corrected chi connectivity index (χ2v) is 6.68. The van der Waals surface area contributed by atoms with Crippen LogP contribution in [0.25, 0.3) is 6.08 Å². The van der Waals surface area contributed by atoms with Crippen molar-refractivity contribution in [2.45, 2.75) is 6.92 Å². The average Bonchev–Trinajstić information content (AvgIpc) is 2.61. The van der Waals surface area contributed by atoms with Gasteiger partial charge in [0.25, 0.3) is 0 Å². The molecule has 1 N–H and O–H groups in total. The maximum absolute atomic E-state index is 12.2. The van der Waals surface area contributed by atoms with Crippen LogP contribution in [0.5, 0.6) is 5.75 Å². The lowest BCUT2D eigenvalue weighted by Crippen LogP contribution is -2.33. The number of nitrogens with one attached hydrogen (secondary N) is 1. The molecule has 26 heavy (non-hydrogen) atoms. The summed E-state index contributed by atoms with van der Waals surface area (Å²) in [6.07, 6.45) is 3.18. The van der Waals surface area contributed by atoms with E-state index in [-0.39, 0.29) is 18.4 Å². The number of ether oxygens (including phenoxy) is 1. The minimum Gasteiger partial charge on any atom is -0.497 e. The lowest BCUT2D eigenvalue weighted by atomic mass is 10.1. The van der Waals surface area contributed by atoms with Crippen LogP contribution < -0.4 is 10.1 Å². The van der Waals surface area contributed by atoms with Gasteiger partial charge >= 0.3 is 0 Å². The third-order valence-corrected chi connectivity index (χ3v) is 4.38. The van der Waals surface area contributed by atoms with E-state index in [1.165, 1.54) is 11.0 Å². The van der Waals surface area contributed by atoms with Crippen molar-refractivity contribution in [3.05, 3.63) is 64.1 Å². The van der Waals surface area contributed by atoms with E-state index in [9.17, 15) is 9.59 Å². The number of anilines is 1. The van der Waals surface area contributed by atoms with Crippen molar-refractivity contribution in [2.24, 2.45) is 0 Å². The van der Waals surface area contributed by atoms with E-state index >= 15 is 0 Å². The Kier molecular flexibility index (Phi) is 6.97. The van der Waals surface area contributed by atoms with Crippen LogP contribution in [0.2, 0.25) is 0 Å². The SMILES string of the molecule is COc1ccc(NC(=O)CN(C)C(=O)/C=C/c2ccc(C)cc2Br)cc1. The van der Waals surface area contributed by atoms with Crippen LogP contribution in [0.15, 0.2) is 53.0 Å². The lowest BCUT2D eigenvalue weighted by Gasteiger charge is -2.15. The zero-order valence-electron chi connectivity index (χ0n) is 15.0. The minimum absolute atomic E-state index is 0.0374. The topological polar surface area (TPSA) is 58.6 Å². The number of carbonyl (C=O) groups is 2. The van der Waals surface area contributed by atoms with E-state index in [4.69, 9.17) is 4.74 Å². The number of rotatable bonds is 6. The molecule has 0 aliphatic carbocycles. The Morgan fingerprint density at radius 3 is 2.50 bits per heavy atom. The fourth-order valence-corrected chi connectivity index (χ4v) is 2.85. The number of methoxy groups -OCH3 is 1. The highest BCUT2D eigenvalue weighted by atomic mass is 79.9. The van der Waals surface area contributed by atoms with Crippen molar-refractivity contribution >= 4 is 39.5 Å². The molecule has 0 saturated heterocycles. The van der Waals surface area contributed by atoms with Gasteiger partial charge in [-0.25, -0.2) is 0 Å². The monoisotopic (exact) mass is 416 g/mol. The Hall–Kier alpha value is -2.60. The molecule has 0 saturated carbocycles. The predicted molar refractivity (Wildman–Crippen MR) is 107 cm³/mol. The van der Waals surface area contributed by atoms with Crippen molar-refractivity contribution in [2.75, 3.05) is 26.0 Å². The Labute approximate surface area is 161 Å². The zero-order chi connectivity index (χ0) is 19.1. The molecule has 0 bridgehead atoms. The molecule has 0 atom stereocenters. The van der Waals surface area contributed by atoms with Gasteiger partial charge in [-0.2, -0.15) is 0 Å². The van der Waals surface area contributed by atoms with Crippen LogP contribution >= 0.6 is 15.9 Å². The van der Waals surface area contributed by atoms with Crippen molar-refractivity contribution in [3.8, 4) is 5.75 Å². The Morgan fingerprint density at radius 2 is 1.88 bits per heavy atom. The predicted octanol–water partition coefficient (Wildman–Crippen LogP) is 3.88. The Morgan fingerprint density at radius 1 is 1.19 bits per heavy atom. The average molecular weight is 417 g/mol. The van der Waals surface area contributed by atoms with Gasteiger partial charge in [0.05, 0.1) is 13.7 Å². The number of likely N-dealkylation sites (N-methyl/N-ethyl adjacent to an activating group) is 1. The first-order valence-electron chi connectivity index (χ1n) is 8.02. The van der Waals surface area contributed by atoms with E-state index < -0.39 is 0 Å². The summed E-state index contributed by atoms with van der Waals surface area (Å²) in [4.78, 5) is 25.6. The molecular formula is C20H21BrN2O3. The van der Waals surface area contributed by atoms with Gasteiger partial charge in [-0.3, -0.25) is 9.59 Å². The van der Waals surface area contributed by atoms with Crippen LogP contribution in [0.1, 0.15) is 11.1 Å². The molecule has 2 amide bonds. The van der Waals surface area contributed by atoms with Gasteiger partial charge in [-0.05, 0) is 54.5 Å². The molecule has 2 aromatic rings. The van der Waals surface area contributed by atoms with Crippen LogP contribution in [0.4, 0.5) is 5.69 Å². The summed E-state index contributed by atoms with van der Waals surface area (Å²) >= 11 is 3.47. The van der Waals surface area contributed by atoms with E-state index in [0.29, 0.717) is 11.4 Å². The molecule has 0 aromatic heterocycles. The molecule has 2 rings (SSSR count). The smallest absolute Gasteiger partial charge is 0.246 e. The molecule has 0 aliphatic rings. The molecule has 0 aliphatic heterocycles. The minimum atomic E-state index is -0.268. The summed E-state index contributed by atoms with van der Waals surface area (Å²) in [5.41, 5.74) is 2.68. The van der Waals surface area contributed by atoms with Crippen LogP contribution in [0, 0.1) is 6.92 Å². The van der Waals surface area contributed by atoms with Gasteiger partial charge in [-0.15, -0.1) is 0 Å². The maximum atomic E-state index is 12.2. The van der Waals surface area contributed by atoms with Gasteiger partial charge in [-0.1, -0.05) is 28.1 Å². The van der Waals surface area contributed by atoms with E-state index in [1.54, 1.807) is 44.5 Å². The van der Waals surface area contributed by atoms with Gasteiger partial charge in [0.2, 0.25) is 11.8 Å². The van der Waals surface area contributed by atoms with Crippen molar-refractivity contribution in [1.82, 2.24) is 4.90 Å².